The molecule has 2 fully saturated rings. The maximum Gasteiger partial charge on any atom is 0.573 e. The van der Waals surface area contributed by atoms with Crippen LogP contribution in [0.4, 0.5) is 37.7 Å². The molecule has 6 nitrogen and oxygen atoms in total. The molecule has 4 rings (SSSR count). The minimum Gasteiger partial charge on any atom is -0.406 e. The summed E-state index contributed by atoms with van der Waals surface area (Å²) in [7, 11) is 0. The van der Waals surface area contributed by atoms with Gasteiger partial charge in [-0.05, 0) is 49.6 Å². The highest BCUT2D eigenvalue weighted by Gasteiger charge is 2.60. The van der Waals surface area contributed by atoms with E-state index in [4.69, 9.17) is 5.26 Å². The van der Waals surface area contributed by atoms with Crippen LogP contribution in [0.15, 0.2) is 36.5 Å². The zero-order valence-electron chi connectivity index (χ0n) is 16.5. The number of benzene rings is 1. The lowest BCUT2D eigenvalue weighted by atomic mass is 9.75. The van der Waals surface area contributed by atoms with E-state index in [1.165, 1.54) is 18.2 Å². The van der Waals surface area contributed by atoms with Crippen molar-refractivity contribution < 1.29 is 35.9 Å². The third kappa shape index (κ3) is 3.92. The minimum atomic E-state index is -4.87. The molecule has 2 aliphatic rings. The van der Waals surface area contributed by atoms with Gasteiger partial charge < -0.3 is 9.64 Å². The van der Waals surface area contributed by atoms with Crippen LogP contribution in [0.3, 0.4) is 0 Å². The number of thiol groups is 1. The van der Waals surface area contributed by atoms with Crippen molar-refractivity contribution in [2.75, 3.05) is 9.80 Å². The number of nitriles is 1. The van der Waals surface area contributed by atoms with Crippen molar-refractivity contribution in [3.63, 3.8) is 0 Å². The number of nitrogens with zero attached hydrogens (tertiary/aromatic N) is 4. The van der Waals surface area contributed by atoms with Crippen molar-refractivity contribution in [3.8, 4) is 11.8 Å². The summed E-state index contributed by atoms with van der Waals surface area (Å²) in [6.45, 7) is 0. The van der Waals surface area contributed by atoms with Crippen molar-refractivity contribution >= 4 is 29.9 Å². The molecule has 1 aromatic carbocycles. The lowest BCUT2D eigenvalue weighted by Gasteiger charge is -2.44. The standard InChI is InChI=1S/C20H14F6N4O2S/c21-19(22,23)14-8-12(10-28-15(14)9-27)29-16(31)18(6-1-7-18)30(17(29)33)11-2-4-13(5-3-11)32-20(24,25)26/h2-5,8,10,17,33H,1,6-7H2. The lowest BCUT2D eigenvalue weighted by molar-refractivity contribution is -0.274. The van der Waals surface area contributed by atoms with Crippen molar-refractivity contribution in [3.05, 3.63) is 47.8 Å². The number of carbonyl (C=O) groups is 1. The third-order valence-corrected chi connectivity index (χ3v) is 6.09. The number of pyridine rings is 1. The Morgan fingerprint density at radius 1 is 1.12 bits per heavy atom. The predicted molar refractivity (Wildman–Crippen MR) is 106 cm³/mol. The van der Waals surface area contributed by atoms with Crippen LogP contribution >= 0.6 is 12.6 Å². The van der Waals surface area contributed by atoms with Gasteiger partial charge in [-0.3, -0.25) is 9.69 Å². The normalized spacial score (nSPS) is 20.1. The van der Waals surface area contributed by atoms with Crippen molar-refractivity contribution in [1.29, 1.82) is 5.26 Å². The molecule has 1 aliphatic heterocycles. The molecular formula is C20H14F6N4O2S. The molecule has 1 spiro atoms. The zero-order chi connectivity index (χ0) is 24.2. The first-order valence-corrected chi connectivity index (χ1v) is 10.0. The fraction of sp³-hybridized carbons (Fsp3) is 0.350. The first-order valence-electron chi connectivity index (χ1n) is 9.52. The number of carbonyl (C=O) groups excluding carboxylic acids is 1. The molecule has 2 heterocycles. The summed E-state index contributed by atoms with van der Waals surface area (Å²) < 4.78 is 81.4. The molecule has 0 bridgehead atoms. The number of anilines is 2. The number of aromatic nitrogens is 1. The quantitative estimate of drug-likeness (QED) is 0.494. The van der Waals surface area contributed by atoms with Gasteiger partial charge in [-0.25, -0.2) is 4.98 Å². The van der Waals surface area contributed by atoms with Crippen LogP contribution in [0, 0.1) is 11.3 Å². The van der Waals surface area contributed by atoms with Crippen LogP contribution in [-0.2, 0) is 11.0 Å². The molecule has 1 atom stereocenters. The SMILES string of the molecule is N#Cc1ncc(N2C(=O)C3(CCC3)N(c3ccc(OC(F)(F)F)cc3)C2S)cc1C(F)(F)F. The van der Waals surface area contributed by atoms with Crippen molar-refractivity contribution in [2.24, 2.45) is 0 Å². The topological polar surface area (TPSA) is 69.5 Å². The molecule has 1 saturated heterocycles. The molecule has 0 radical (unpaired) electrons. The molecule has 1 aliphatic carbocycles. The van der Waals surface area contributed by atoms with Crippen LogP contribution in [0.1, 0.15) is 30.5 Å². The Labute approximate surface area is 188 Å². The molecular weight excluding hydrogens is 474 g/mol. The van der Waals surface area contributed by atoms with Crippen LogP contribution in [-0.4, -0.2) is 28.3 Å². The summed E-state index contributed by atoms with van der Waals surface area (Å²) in [5.41, 5.74) is -4.14. The summed E-state index contributed by atoms with van der Waals surface area (Å²) in [6, 6.07) is 6.84. The van der Waals surface area contributed by atoms with Gasteiger partial charge in [0.25, 0.3) is 5.91 Å². The van der Waals surface area contributed by atoms with Gasteiger partial charge in [0.05, 0.1) is 17.4 Å². The van der Waals surface area contributed by atoms with Gasteiger partial charge in [-0.1, -0.05) is 0 Å². The van der Waals surface area contributed by atoms with Gasteiger partial charge in [-0.2, -0.15) is 18.4 Å². The number of rotatable bonds is 3. The monoisotopic (exact) mass is 488 g/mol. The molecule has 13 heteroatoms. The van der Waals surface area contributed by atoms with Crippen molar-refractivity contribution in [2.45, 2.75) is 42.8 Å². The molecule has 2 aromatic rings. The van der Waals surface area contributed by atoms with E-state index in [0.29, 0.717) is 31.0 Å². The summed E-state index contributed by atoms with van der Waals surface area (Å²) >= 11 is 4.46. The van der Waals surface area contributed by atoms with E-state index < -0.39 is 46.5 Å². The first-order chi connectivity index (χ1) is 15.4. The molecule has 1 amide bonds. The number of amides is 1. The Morgan fingerprint density at radius 3 is 2.24 bits per heavy atom. The van der Waals surface area contributed by atoms with Crippen LogP contribution in [0.2, 0.25) is 0 Å². The molecule has 174 valence electrons. The zero-order valence-corrected chi connectivity index (χ0v) is 17.4. The van der Waals surface area contributed by atoms with Gasteiger partial charge in [0.15, 0.2) is 11.2 Å². The fourth-order valence-corrected chi connectivity index (χ4v) is 4.66. The van der Waals surface area contributed by atoms with Gasteiger partial charge in [0, 0.05) is 5.69 Å². The Bertz CT molecular complexity index is 1130. The van der Waals surface area contributed by atoms with E-state index in [2.05, 4.69) is 22.3 Å². The van der Waals surface area contributed by atoms with Crippen LogP contribution in [0.5, 0.6) is 5.75 Å². The van der Waals surface area contributed by atoms with E-state index in [0.717, 1.165) is 23.2 Å². The lowest BCUT2D eigenvalue weighted by Crippen LogP contribution is -2.55. The molecule has 1 aromatic heterocycles. The largest absolute Gasteiger partial charge is 0.573 e. The molecule has 33 heavy (non-hydrogen) atoms. The molecule has 1 unspecified atom stereocenters. The number of hydrogen-bond acceptors (Lipinski definition) is 6. The Morgan fingerprint density at radius 2 is 1.76 bits per heavy atom. The van der Waals surface area contributed by atoms with E-state index in [-0.39, 0.29) is 5.69 Å². The van der Waals surface area contributed by atoms with E-state index >= 15 is 0 Å². The maximum atomic E-state index is 13.4. The highest BCUT2D eigenvalue weighted by Crippen LogP contribution is 2.50. The number of halogens is 6. The van der Waals surface area contributed by atoms with E-state index in [1.807, 2.05) is 0 Å². The van der Waals surface area contributed by atoms with Gasteiger partial charge in [0.1, 0.15) is 17.4 Å². The summed E-state index contributed by atoms with van der Waals surface area (Å²) in [5, 5.41) is 8.96. The second-order valence-corrected chi connectivity index (χ2v) is 7.98. The van der Waals surface area contributed by atoms with Crippen LogP contribution in [0.25, 0.3) is 0 Å². The average molecular weight is 488 g/mol. The number of ether oxygens (including phenoxy) is 1. The van der Waals surface area contributed by atoms with Gasteiger partial charge in [0.2, 0.25) is 0 Å². The fourth-order valence-electron chi connectivity index (χ4n) is 4.07. The molecule has 1 saturated carbocycles. The Balaban J connectivity index is 1.73. The second kappa shape index (κ2) is 7.72. The highest BCUT2D eigenvalue weighted by molar-refractivity contribution is 7.81. The summed E-state index contributed by atoms with van der Waals surface area (Å²) in [4.78, 5) is 19.5. The minimum absolute atomic E-state index is 0.197. The van der Waals surface area contributed by atoms with Gasteiger partial charge >= 0.3 is 12.5 Å². The van der Waals surface area contributed by atoms with E-state index in [1.54, 1.807) is 4.90 Å². The summed E-state index contributed by atoms with van der Waals surface area (Å²) in [6.07, 6.45) is -7.31. The first kappa shape index (κ1) is 23.0. The van der Waals surface area contributed by atoms with Crippen molar-refractivity contribution in [1.82, 2.24) is 4.98 Å². The Kier molecular flexibility index (Phi) is 5.39. The predicted octanol–water partition coefficient (Wildman–Crippen LogP) is 4.86. The third-order valence-electron chi connectivity index (χ3n) is 5.63. The second-order valence-electron chi connectivity index (χ2n) is 7.52. The summed E-state index contributed by atoms with van der Waals surface area (Å²) in [5.74, 6) is -0.970. The number of hydrogen-bond donors (Lipinski definition) is 1. The van der Waals surface area contributed by atoms with Gasteiger partial charge in [-0.15, -0.1) is 25.8 Å². The average Bonchev–Trinajstić information content (AvgIpc) is 2.93. The maximum absolute atomic E-state index is 13.4. The highest BCUT2D eigenvalue weighted by atomic mass is 32.1. The number of alkyl halides is 6. The van der Waals surface area contributed by atoms with Crippen LogP contribution < -0.4 is 14.5 Å². The van der Waals surface area contributed by atoms with E-state index in [9.17, 15) is 31.1 Å². The smallest absolute Gasteiger partial charge is 0.406 e. The Hall–Kier alpha value is -3.14. The molecule has 0 N–H and O–H groups in total.